The van der Waals surface area contributed by atoms with Crippen LogP contribution in [0.4, 0.5) is 0 Å². The van der Waals surface area contributed by atoms with E-state index in [4.69, 9.17) is 10.5 Å². The highest BCUT2D eigenvalue weighted by atomic mass is 16.5. The van der Waals surface area contributed by atoms with Crippen LogP contribution in [-0.2, 0) is 11.3 Å². The van der Waals surface area contributed by atoms with Gasteiger partial charge in [0, 0.05) is 6.54 Å². The van der Waals surface area contributed by atoms with Gasteiger partial charge in [0.05, 0.1) is 12.6 Å². The molecule has 4 heteroatoms. The smallest absolute Gasteiger partial charge is 0.234 e. The number of amides is 1. The van der Waals surface area contributed by atoms with Gasteiger partial charge in [0.15, 0.2) is 0 Å². The average molecular weight is 236 g/mol. The maximum Gasteiger partial charge on any atom is 0.234 e. The first-order valence-corrected chi connectivity index (χ1v) is 5.88. The monoisotopic (exact) mass is 236 g/mol. The molecule has 0 fully saturated rings. The second kappa shape index (κ2) is 6.91. The van der Waals surface area contributed by atoms with Crippen molar-refractivity contribution in [2.45, 2.75) is 32.9 Å². The van der Waals surface area contributed by atoms with Crippen molar-refractivity contribution in [1.29, 1.82) is 0 Å². The minimum Gasteiger partial charge on any atom is -0.494 e. The van der Waals surface area contributed by atoms with Gasteiger partial charge >= 0.3 is 0 Å². The Morgan fingerprint density at radius 3 is 2.59 bits per heavy atom. The van der Waals surface area contributed by atoms with Gasteiger partial charge in [-0.1, -0.05) is 19.1 Å². The van der Waals surface area contributed by atoms with Crippen LogP contribution >= 0.6 is 0 Å². The predicted octanol–water partition coefficient (Wildman–Crippen LogP) is 1.44. The topological polar surface area (TPSA) is 64.3 Å². The summed E-state index contributed by atoms with van der Waals surface area (Å²) in [6, 6.07) is 7.51. The Hall–Kier alpha value is -1.55. The molecular weight excluding hydrogens is 216 g/mol. The molecule has 0 saturated carbocycles. The molecule has 1 rings (SSSR count). The van der Waals surface area contributed by atoms with Gasteiger partial charge in [-0.2, -0.15) is 0 Å². The number of benzene rings is 1. The zero-order chi connectivity index (χ0) is 12.7. The Kier molecular flexibility index (Phi) is 5.49. The second-order valence-corrected chi connectivity index (χ2v) is 4.00. The van der Waals surface area contributed by atoms with Crippen molar-refractivity contribution < 1.29 is 9.53 Å². The standard InChI is InChI=1S/C13H20N2O2/c1-3-8-17-12-6-4-11(5-7-12)9-15-10(2)13(14)16/h4-7,10,15H,3,8-9H2,1-2H3,(H2,14,16)/t10-/m1/s1. The lowest BCUT2D eigenvalue weighted by atomic mass is 10.2. The Labute approximate surface area is 102 Å². The van der Waals surface area contributed by atoms with E-state index < -0.39 is 0 Å². The maximum absolute atomic E-state index is 10.8. The number of nitrogens with two attached hydrogens (primary N) is 1. The summed E-state index contributed by atoms with van der Waals surface area (Å²) in [5.41, 5.74) is 6.26. The van der Waals surface area contributed by atoms with Crippen LogP contribution in [0.5, 0.6) is 5.75 Å². The van der Waals surface area contributed by atoms with Crippen LogP contribution in [0.25, 0.3) is 0 Å². The zero-order valence-corrected chi connectivity index (χ0v) is 10.4. The highest BCUT2D eigenvalue weighted by Gasteiger charge is 2.06. The largest absolute Gasteiger partial charge is 0.494 e. The third kappa shape index (κ3) is 4.87. The van der Waals surface area contributed by atoms with Crippen LogP contribution in [0.3, 0.4) is 0 Å². The minimum atomic E-state index is -0.340. The Morgan fingerprint density at radius 2 is 2.06 bits per heavy atom. The van der Waals surface area contributed by atoms with Crippen molar-refractivity contribution in [2.75, 3.05) is 6.61 Å². The highest BCUT2D eigenvalue weighted by molar-refractivity contribution is 5.79. The molecule has 0 unspecified atom stereocenters. The molecule has 1 aromatic carbocycles. The van der Waals surface area contributed by atoms with Gasteiger partial charge in [-0.15, -0.1) is 0 Å². The molecule has 0 heterocycles. The predicted molar refractivity (Wildman–Crippen MR) is 67.7 cm³/mol. The molecule has 0 saturated heterocycles. The molecule has 0 aliphatic carbocycles. The van der Waals surface area contributed by atoms with Crippen LogP contribution in [-0.4, -0.2) is 18.6 Å². The molecular formula is C13H20N2O2. The average Bonchev–Trinajstić information content (AvgIpc) is 2.34. The van der Waals surface area contributed by atoms with Crippen LogP contribution in [0, 0.1) is 0 Å². The summed E-state index contributed by atoms with van der Waals surface area (Å²) in [6.45, 7) is 5.18. The summed E-state index contributed by atoms with van der Waals surface area (Å²) >= 11 is 0. The van der Waals surface area contributed by atoms with E-state index in [2.05, 4.69) is 12.2 Å². The van der Waals surface area contributed by atoms with Crippen molar-refractivity contribution in [3.05, 3.63) is 29.8 Å². The summed E-state index contributed by atoms with van der Waals surface area (Å²) in [7, 11) is 0. The molecule has 0 radical (unpaired) electrons. The normalized spacial score (nSPS) is 12.1. The molecule has 0 aliphatic rings. The van der Waals surface area contributed by atoms with Crippen LogP contribution in [0.1, 0.15) is 25.8 Å². The van der Waals surface area contributed by atoms with Gasteiger partial charge in [-0.25, -0.2) is 0 Å². The van der Waals surface area contributed by atoms with E-state index in [1.165, 1.54) is 0 Å². The Balaban J connectivity index is 2.42. The fourth-order valence-electron chi connectivity index (χ4n) is 1.29. The number of hydrogen-bond acceptors (Lipinski definition) is 3. The van der Waals surface area contributed by atoms with Gasteiger partial charge in [-0.05, 0) is 31.0 Å². The fourth-order valence-corrected chi connectivity index (χ4v) is 1.29. The fraction of sp³-hybridized carbons (Fsp3) is 0.462. The van der Waals surface area contributed by atoms with Crippen LogP contribution in [0.2, 0.25) is 0 Å². The number of primary amides is 1. The van der Waals surface area contributed by atoms with E-state index in [0.717, 1.165) is 24.3 Å². The van der Waals surface area contributed by atoms with Gasteiger partial charge in [0.25, 0.3) is 0 Å². The third-order valence-corrected chi connectivity index (χ3v) is 2.44. The van der Waals surface area contributed by atoms with E-state index >= 15 is 0 Å². The quantitative estimate of drug-likeness (QED) is 0.753. The van der Waals surface area contributed by atoms with E-state index in [-0.39, 0.29) is 11.9 Å². The van der Waals surface area contributed by atoms with E-state index in [0.29, 0.717) is 6.54 Å². The molecule has 0 spiro atoms. The molecule has 1 amide bonds. The van der Waals surface area contributed by atoms with Crippen molar-refractivity contribution in [3.63, 3.8) is 0 Å². The molecule has 94 valence electrons. The number of hydrogen-bond donors (Lipinski definition) is 2. The molecule has 1 aromatic rings. The summed E-state index contributed by atoms with van der Waals surface area (Å²) in [5.74, 6) is 0.534. The summed E-state index contributed by atoms with van der Waals surface area (Å²) in [5, 5.41) is 3.05. The van der Waals surface area contributed by atoms with E-state index in [9.17, 15) is 4.79 Å². The summed E-state index contributed by atoms with van der Waals surface area (Å²) < 4.78 is 5.48. The van der Waals surface area contributed by atoms with Crippen molar-refractivity contribution >= 4 is 5.91 Å². The molecule has 0 aromatic heterocycles. The van der Waals surface area contributed by atoms with E-state index in [1.54, 1.807) is 6.92 Å². The number of carbonyl (C=O) groups is 1. The van der Waals surface area contributed by atoms with Crippen molar-refractivity contribution in [3.8, 4) is 5.75 Å². The zero-order valence-electron chi connectivity index (χ0n) is 10.4. The molecule has 4 nitrogen and oxygen atoms in total. The summed E-state index contributed by atoms with van der Waals surface area (Å²) in [4.78, 5) is 10.8. The lowest BCUT2D eigenvalue weighted by Gasteiger charge is -2.10. The first-order valence-electron chi connectivity index (χ1n) is 5.88. The molecule has 0 aliphatic heterocycles. The lowest BCUT2D eigenvalue weighted by Crippen LogP contribution is -2.38. The van der Waals surface area contributed by atoms with Crippen molar-refractivity contribution in [2.24, 2.45) is 5.73 Å². The van der Waals surface area contributed by atoms with Gasteiger partial charge in [0.2, 0.25) is 5.91 Å². The van der Waals surface area contributed by atoms with Crippen LogP contribution in [0.15, 0.2) is 24.3 Å². The van der Waals surface area contributed by atoms with Crippen LogP contribution < -0.4 is 15.8 Å². The number of nitrogens with one attached hydrogen (secondary N) is 1. The SMILES string of the molecule is CCCOc1ccc(CN[C@H](C)C(N)=O)cc1. The first kappa shape index (κ1) is 13.5. The minimum absolute atomic E-state index is 0.314. The van der Waals surface area contributed by atoms with Crippen molar-refractivity contribution in [1.82, 2.24) is 5.32 Å². The molecule has 1 atom stereocenters. The summed E-state index contributed by atoms with van der Waals surface area (Å²) in [6.07, 6.45) is 0.999. The van der Waals surface area contributed by atoms with Gasteiger partial charge in [0.1, 0.15) is 5.75 Å². The number of rotatable bonds is 7. The maximum atomic E-state index is 10.8. The van der Waals surface area contributed by atoms with Gasteiger partial charge < -0.3 is 15.8 Å². The Bertz CT molecular complexity index is 349. The Morgan fingerprint density at radius 1 is 1.41 bits per heavy atom. The number of carbonyl (C=O) groups excluding carboxylic acids is 1. The van der Waals surface area contributed by atoms with E-state index in [1.807, 2.05) is 24.3 Å². The molecule has 3 N–H and O–H groups in total. The number of ether oxygens (including phenoxy) is 1. The second-order valence-electron chi connectivity index (χ2n) is 4.00. The molecule has 17 heavy (non-hydrogen) atoms. The third-order valence-electron chi connectivity index (χ3n) is 2.44. The van der Waals surface area contributed by atoms with Gasteiger partial charge in [-0.3, -0.25) is 4.79 Å². The highest BCUT2D eigenvalue weighted by Crippen LogP contribution is 2.12. The lowest BCUT2D eigenvalue weighted by molar-refractivity contribution is -0.119. The first-order chi connectivity index (χ1) is 8.13. The molecule has 0 bridgehead atoms.